The van der Waals surface area contributed by atoms with Gasteiger partial charge in [-0.2, -0.15) is 0 Å². The predicted octanol–water partition coefficient (Wildman–Crippen LogP) is 4.37. The maximum atomic E-state index is 10.7. The largest absolute Gasteiger partial charge is 0.294 e. The highest BCUT2D eigenvalue weighted by molar-refractivity contribution is 8.00. The first-order valence-corrected chi connectivity index (χ1v) is 7.47. The van der Waals surface area contributed by atoms with Crippen molar-refractivity contribution in [2.24, 2.45) is 0 Å². The Morgan fingerprint density at radius 2 is 2.00 bits per heavy atom. The van der Waals surface area contributed by atoms with Crippen LogP contribution in [0.3, 0.4) is 0 Å². The first-order chi connectivity index (χ1) is 10.0. The van der Waals surface area contributed by atoms with E-state index in [0.717, 1.165) is 11.9 Å². The van der Waals surface area contributed by atoms with E-state index in [2.05, 4.69) is 14.7 Å². The van der Waals surface area contributed by atoms with Crippen LogP contribution in [0.5, 0.6) is 0 Å². The Hall–Kier alpha value is -1.57. The quantitative estimate of drug-likeness (QED) is 0.375. The van der Waals surface area contributed by atoms with Crippen LogP contribution in [-0.4, -0.2) is 14.9 Å². The van der Waals surface area contributed by atoms with Crippen LogP contribution in [0.4, 0.5) is 11.6 Å². The Kier molecular flexibility index (Phi) is 5.22. The van der Waals surface area contributed by atoms with E-state index >= 15 is 0 Å². The number of benzene rings is 1. The third-order valence-corrected chi connectivity index (χ3v) is 3.95. The molecule has 2 rings (SSSR count). The zero-order valence-corrected chi connectivity index (χ0v) is 13.2. The fourth-order valence-corrected chi connectivity index (χ4v) is 2.81. The van der Waals surface area contributed by atoms with Gasteiger partial charge >= 0.3 is 0 Å². The van der Waals surface area contributed by atoms with Gasteiger partial charge in [0, 0.05) is 22.6 Å². The number of hydrogen-bond donors (Lipinski definition) is 1. The van der Waals surface area contributed by atoms with Gasteiger partial charge in [-0.15, -0.1) is 0 Å². The van der Waals surface area contributed by atoms with Gasteiger partial charge in [0.1, 0.15) is 10.3 Å². The van der Waals surface area contributed by atoms with Crippen LogP contribution in [0.2, 0.25) is 10.3 Å². The molecule has 1 aromatic heterocycles. The molecule has 0 aliphatic heterocycles. The highest BCUT2D eigenvalue weighted by atomic mass is 35.5. The molecule has 9 heteroatoms. The summed E-state index contributed by atoms with van der Waals surface area (Å²) >= 11 is 13.2. The molecule has 0 saturated carbocycles. The molecule has 0 radical (unpaired) electrons. The van der Waals surface area contributed by atoms with Gasteiger partial charge < -0.3 is 0 Å². The summed E-state index contributed by atoms with van der Waals surface area (Å²) < 4.78 is 2.86. The summed E-state index contributed by atoms with van der Waals surface area (Å²) in [6.07, 6.45) is 0.635. The van der Waals surface area contributed by atoms with Crippen molar-refractivity contribution >= 4 is 46.8 Å². The number of halogens is 2. The first-order valence-electron chi connectivity index (χ1n) is 5.90. The number of non-ortho nitro benzene ring substituents is 1. The third-order valence-electron chi connectivity index (χ3n) is 2.55. The molecule has 0 unspecified atom stereocenters. The predicted molar refractivity (Wildman–Crippen MR) is 84.0 cm³/mol. The van der Waals surface area contributed by atoms with E-state index in [1.54, 1.807) is 12.1 Å². The molecule has 0 aliphatic rings. The Balaban J connectivity index is 2.13. The minimum absolute atomic E-state index is 0.0140. The zero-order chi connectivity index (χ0) is 15.4. The SMILES string of the molecule is CCc1c(Cl)nc(NSc2cccc([N+](=O)[O-])c2)nc1Cl. The summed E-state index contributed by atoms with van der Waals surface area (Å²) in [6, 6.07) is 6.20. The number of nitro benzene ring substituents is 1. The topological polar surface area (TPSA) is 81.0 Å². The van der Waals surface area contributed by atoms with E-state index in [9.17, 15) is 10.1 Å². The lowest BCUT2D eigenvalue weighted by Crippen LogP contribution is -1.99. The van der Waals surface area contributed by atoms with Crippen molar-refractivity contribution in [3.63, 3.8) is 0 Å². The standard InChI is InChI=1S/C12H10Cl2N4O2S/c1-2-9-10(13)15-12(16-11(9)14)17-21-8-5-3-4-7(6-8)18(19)20/h3-6H,2H2,1H3,(H,15,16,17). The number of hydrogen-bond acceptors (Lipinski definition) is 6. The average molecular weight is 345 g/mol. The molecule has 0 fully saturated rings. The Bertz CT molecular complexity index is 661. The van der Waals surface area contributed by atoms with Gasteiger partial charge in [0.2, 0.25) is 5.95 Å². The molecule has 1 N–H and O–H groups in total. The molecule has 0 aliphatic carbocycles. The number of nitrogens with zero attached hydrogens (tertiary/aromatic N) is 3. The Morgan fingerprint density at radius 3 is 2.57 bits per heavy atom. The molecule has 110 valence electrons. The Labute approximate surface area is 135 Å². The number of aromatic nitrogens is 2. The van der Waals surface area contributed by atoms with Gasteiger partial charge in [0.15, 0.2) is 0 Å². The lowest BCUT2D eigenvalue weighted by atomic mass is 10.3. The second-order valence-electron chi connectivity index (χ2n) is 3.92. The molecule has 2 aromatic rings. The Morgan fingerprint density at radius 1 is 1.33 bits per heavy atom. The first kappa shape index (κ1) is 15.8. The molecule has 1 heterocycles. The van der Waals surface area contributed by atoms with E-state index < -0.39 is 4.92 Å². The van der Waals surface area contributed by atoms with E-state index in [0.29, 0.717) is 27.2 Å². The normalized spacial score (nSPS) is 10.4. The van der Waals surface area contributed by atoms with Gasteiger partial charge in [-0.05, 0) is 24.4 Å². The van der Waals surface area contributed by atoms with Crippen LogP contribution in [0.25, 0.3) is 0 Å². The van der Waals surface area contributed by atoms with Crippen molar-refractivity contribution in [1.29, 1.82) is 0 Å². The van der Waals surface area contributed by atoms with E-state index in [1.165, 1.54) is 12.1 Å². The number of anilines is 1. The molecule has 0 amide bonds. The molecular formula is C12H10Cl2N4O2S. The van der Waals surface area contributed by atoms with Gasteiger partial charge in [0.05, 0.1) is 4.92 Å². The lowest BCUT2D eigenvalue weighted by Gasteiger charge is -2.07. The van der Waals surface area contributed by atoms with Gasteiger partial charge in [-0.1, -0.05) is 36.2 Å². The number of nitro groups is 1. The van der Waals surface area contributed by atoms with Crippen LogP contribution in [0, 0.1) is 10.1 Å². The monoisotopic (exact) mass is 344 g/mol. The van der Waals surface area contributed by atoms with Gasteiger partial charge in [-0.25, -0.2) is 9.97 Å². The average Bonchev–Trinajstić information content (AvgIpc) is 2.45. The lowest BCUT2D eigenvalue weighted by molar-refractivity contribution is -0.385. The molecule has 0 spiro atoms. The maximum Gasteiger partial charge on any atom is 0.270 e. The van der Waals surface area contributed by atoms with Crippen molar-refractivity contribution in [2.75, 3.05) is 4.72 Å². The minimum Gasteiger partial charge on any atom is -0.294 e. The van der Waals surface area contributed by atoms with Crippen molar-refractivity contribution in [3.8, 4) is 0 Å². The zero-order valence-electron chi connectivity index (χ0n) is 10.8. The second-order valence-corrected chi connectivity index (χ2v) is 5.52. The molecule has 0 saturated heterocycles. The maximum absolute atomic E-state index is 10.7. The highest BCUT2D eigenvalue weighted by Gasteiger charge is 2.11. The molecule has 6 nitrogen and oxygen atoms in total. The summed E-state index contributed by atoms with van der Waals surface area (Å²) in [7, 11) is 0. The summed E-state index contributed by atoms with van der Waals surface area (Å²) in [5.74, 6) is 0.249. The van der Waals surface area contributed by atoms with Crippen LogP contribution in [0.15, 0.2) is 29.2 Å². The number of nitrogens with one attached hydrogen (secondary N) is 1. The van der Waals surface area contributed by atoms with Crippen molar-refractivity contribution in [3.05, 3.63) is 50.2 Å². The van der Waals surface area contributed by atoms with E-state index in [1.807, 2.05) is 6.92 Å². The number of rotatable bonds is 5. The van der Waals surface area contributed by atoms with Gasteiger partial charge in [0.25, 0.3) is 5.69 Å². The molecule has 21 heavy (non-hydrogen) atoms. The van der Waals surface area contributed by atoms with Crippen LogP contribution in [-0.2, 0) is 6.42 Å². The molecule has 0 atom stereocenters. The molecule has 0 bridgehead atoms. The van der Waals surface area contributed by atoms with Crippen molar-refractivity contribution in [1.82, 2.24) is 9.97 Å². The van der Waals surface area contributed by atoms with E-state index in [-0.39, 0.29) is 11.6 Å². The van der Waals surface area contributed by atoms with Crippen LogP contribution in [0.1, 0.15) is 12.5 Å². The second kappa shape index (κ2) is 6.93. The fraction of sp³-hybridized carbons (Fsp3) is 0.167. The van der Waals surface area contributed by atoms with Crippen molar-refractivity contribution in [2.45, 2.75) is 18.2 Å². The highest BCUT2D eigenvalue weighted by Crippen LogP contribution is 2.27. The molecule has 1 aromatic carbocycles. The summed E-state index contributed by atoms with van der Waals surface area (Å²) in [6.45, 7) is 1.90. The molecular weight excluding hydrogens is 335 g/mol. The van der Waals surface area contributed by atoms with Crippen LogP contribution >= 0.6 is 35.1 Å². The summed E-state index contributed by atoms with van der Waals surface area (Å²) in [4.78, 5) is 19.1. The van der Waals surface area contributed by atoms with Gasteiger partial charge in [-0.3, -0.25) is 14.8 Å². The van der Waals surface area contributed by atoms with Crippen molar-refractivity contribution < 1.29 is 4.92 Å². The summed E-state index contributed by atoms with van der Waals surface area (Å²) in [5.41, 5.74) is 0.698. The van der Waals surface area contributed by atoms with Crippen LogP contribution < -0.4 is 4.72 Å². The smallest absolute Gasteiger partial charge is 0.270 e. The minimum atomic E-state index is -0.454. The van der Waals surface area contributed by atoms with E-state index in [4.69, 9.17) is 23.2 Å². The fourth-order valence-electron chi connectivity index (χ4n) is 1.53. The summed E-state index contributed by atoms with van der Waals surface area (Å²) in [5, 5.41) is 11.3. The third kappa shape index (κ3) is 3.96.